The highest BCUT2D eigenvalue weighted by molar-refractivity contribution is 5.76. The van der Waals surface area contributed by atoms with Crippen molar-refractivity contribution in [2.75, 3.05) is 26.7 Å². The molecule has 1 amide bonds. The maximum absolute atomic E-state index is 12.5. The summed E-state index contributed by atoms with van der Waals surface area (Å²) < 4.78 is 0. The Morgan fingerprint density at radius 1 is 1.32 bits per heavy atom. The summed E-state index contributed by atoms with van der Waals surface area (Å²) in [6.07, 6.45) is 8.42. The van der Waals surface area contributed by atoms with Gasteiger partial charge in [0, 0.05) is 50.8 Å². The number of carbonyl (C=O) groups excluding carboxylic acids is 1. The predicted octanol–water partition coefficient (Wildman–Crippen LogP) is 1.25. The SMILES string of the molecule is CN1CCN(C(=O)CCc2ccncc2)C[C@@H]1c1ncc[nH]1. The van der Waals surface area contributed by atoms with Gasteiger partial charge in [-0.2, -0.15) is 0 Å². The van der Waals surface area contributed by atoms with E-state index in [0.29, 0.717) is 13.0 Å². The molecular weight excluding hydrogens is 278 g/mol. The summed E-state index contributed by atoms with van der Waals surface area (Å²) in [6.45, 7) is 2.34. The van der Waals surface area contributed by atoms with Crippen molar-refractivity contribution in [1.82, 2.24) is 24.8 Å². The average Bonchev–Trinajstić information content (AvgIpc) is 3.08. The number of carbonyl (C=O) groups is 1. The first-order valence-electron chi connectivity index (χ1n) is 7.60. The molecule has 0 unspecified atom stereocenters. The van der Waals surface area contributed by atoms with Crippen LogP contribution < -0.4 is 0 Å². The van der Waals surface area contributed by atoms with E-state index in [1.54, 1.807) is 18.6 Å². The van der Waals surface area contributed by atoms with Gasteiger partial charge in [0.05, 0.1) is 6.04 Å². The number of imidazole rings is 1. The van der Waals surface area contributed by atoms with E-state index in [4.69, 9.17) is 0 Å². The van der Waals surface area contributed by atoms with E-state index in [1.165, 1.54) is 0 Å². The smallest absolute Gasteiger partial charge is 0.223 e. The number of piperazine rings is 1. The summed E-state index contributed by atoms with van der Waals surface area (Å²) in [5.74, 6) is 1.13. The Kier molecular flexibility index (Phi) is 4.48. The predicted molar refractivity (Wildman–Crippen MR) is 83.1 cm³/mol. The molecule has 0 saturated carbocycles. The monoisotopic (exact) mass is 299 g/mol. The number of aromatic amines is 1. The van der Waals surface area contributed by atoms with Crippen molar-refractivity contribution in [1.29, 1.82) is 0 Å². The largest absolute Gasteiger partial charge is 0.347 e. The molecule has 0 spiro atoms. The van der Waals surface area contributed by atoms with Crippen molar-refractivity contribution >= 4 is 5.91 Å². The minimum Gasteiger partial charge on any atom is -0.347 e. The molecule has 2 aromatic rings. The molecule has 1 aliphatic rings. The molecular formula is C16H21N5O. The van der Waals surface area contributed by atoms with Crippen LogP contribution in [0.1, 0.15) is 23.9 Å². The van der Waals surface area contributed by atoms with Crippen molar-refractivity contribution in [3.8, 4) is 0 Å². The van der Waals surface area contributed by atoms with Gasteiger partial charge < -0.3 is 9.88 Å². The normalized spacial score (nSPS) is 19.3. The minimum atomic E-state index is 0.147. The fraction of sp³-hybridized carbons (Fsp3) is 0.438. The van der Waals surface area contributed by atoms with E-state index in [-0.39, 0.29) is 11.9 Å². The standard InChI is InChI=1S/C16H21N5O/c1-20-10-11-21(12-14(20)16-18-8-9-19-16)15(22)3-2-13-4-6-17-7-5-13/h4-9,14H,2-3,10-12H2,1H3,(H,18,19)/t14-/m1/s1. The Bertz CT molecular complexity index is 598. The molecule has 22 heavy (non-hydrogen) atoms. The minimum absolute atomic E-state index is 0.147. The van der Waals surface area contributed by atoms with Gasteiger partial charge in [0.15, 0.2) is 0 Å². The molecule has 1 saturated heterocycles. The lowest BCUT2D eigenvalue weighted by molar-refractivity contribution is -0.134. The number of pyridine rings is 1. The van der Waals surface area contributed by atoms with Crippen LogP contribution in [0.25, 0.3) is 0 Å². The molecule has 3 heterocycles. The molecule has 6 heteroatoms. The zero-order valence-electron chi connectivity index (χ0n) is 12.8. The van der Waals surface area contributed by atoms with Crippen LogP contribution in [0.5, 0.6) is 0 Å². The highest BCUT2D eigenvalue weighted by Gasteiger charge is 2.29. The Balaban J connectivity index is 1.58. The molecule has 2 aromatic heterocycles. The maximum atomic E-state index is 12.5. The number of aromatic nitrogens is 3. The number of amides is 1. The first kappa shape index (κ1) is 14.7. The van der Waals surface area contributed by atoms with E-state index in [2.05, 4.69) is 26.9 Å². The third-order valence-corrected chi connectivity index (χ3v) is 4.21. The molecule has 1 fully saturated rings. The molecule has 0 aromatic carbocycles. The van der Waals surface area contributed by atoms with Crippen LogP contribution in [0.15, 0.2) is 36.9 Å². The number of aryl methyl sites for hydroxylation is 1. The van der Waals surface area contributed by atoms with Crippen LogP contribution in [-0.2, 0) is 11.2 Å². The van der Waals surface area contributed by atoms with Crippen LogP contribution in [0, 0.1) is 0 Å². The lowest BCUT2D eigenvalue weighted by Crippen LogP contribution is -2.49. The molecule has 1 aliphatic heterocycles. The van der Waals surface area contributed by atoms with Crippen molar-refractivity contribution in [3.63, 3.8) is 0 Å². The van der Waals surface area contributed by atoms with Gasteiger partial charge in [-0.3, -0.25) is 14.7 Å². The average molecular weight is 299 g/mol. The van der Waals surface area contributed by atoms with Crippen LogP contribution >= 0.6 is 0 Å². The summed E-state index contributed by atoms with van der Waals surface area (Å²) in [5, 5.41) is 0. The zero-order valence-corrected chi connectivity index (χ0v) is 12.8. The summed E-state index contributed by atoms with van der Waals surface area (Å²) in [5.41, 5.74) is 1.15. The van der Waals surface area contributed by atoms with Crippen LogP contribution in [0.2, 0.25) is 0 Å². The summed E-state index contributed by atoms with van der Waals surface area (Å²) >= 11 is 0. The van der Waals surface area contributed by atoms with E-state index < -0.39 is 0 Å². The van der Waals surface area contributed by atoms with Gasteiger partial charge >= 0.3 is 0 Å². The molecule has 0 bridgehead atoms. The van der Waals surface area contributed by atoms with Gasteiger partial charge in [0.2, 0.25) is 5.91 Å². The second kappa shape index (κ2) is 6.70. The van der Waals surface area contributed by atoms with Gasteiger partial charge in [-0.25, -0.2) is 4.98 Å². The lowest BCUT2D eigenvalue weighted by Gasteiger charge is -2.38. The van der Waals surface area contributed by atoms with Gasteiger partial charge in [0.25, 0.3) is 0 Å². The van der Waals surface area contributed by atoms with Crippen LogP contribution in [-0.4, -0.2) is 57.3 Å². The van der Waals surface area contributed by atoms with Crippen molar-refractivity contribution in [2.24, 2.45) is 0 Å². The Labute approximate surface area is 130 Å². The topological polar surface area (TPSA) is 65.1 Å². The molecule has 0 radical (unpaired) electrons. The first-order chi connectivity index (χ1) is 10.7. The summed E-state index contributed by atoms with van der Waals surface area (Å²) in [4.78, 5) is 28.1. The lowest BCUT2D eigenvalue weighted by atomic mass is 10.1. The number of H-pyrrole nitrogens is 1. The highest BCUT2D eigenvalue weighted by Crippen LogP contribution is 2.21. The van der Waals surface area contributed by atoms with Gasteiger partial charge in [-0.1, -0.05) is 0 Å². The van der Waals surface area contributed by atoms with Gasteiger partial charge in [-0.05, 0) is 31.2 Å². The molecule has 1 atom stereocenters. The molecule has 6 nitrogen and oxygen atoms in total. The van der Waals surface area contributed by atoms with E-state index in [1.807, 2.05) is 23.2 Å². The van der Waals surface area contributed by atoms with E-state index in [0.717, 1.165) is 30.9 Å². The second-order valence-corrected chi connectivity index (χ2v) is 5.67. The van der Waals surface area contributed by atoms with Crippen LogP contribution in [0.4, 0.5) is 0 Å². The molecule has 116 valence electrons. The number of nitrogens with zero attached hydrogens (tertiary/aromatic N) is 4. The molecule has 1 N–H and O–H groups in total. The molecule has 0 aliphatic carbocycles. The van der Waals surface area contributed by atoms with Gasteiger partial charge in [0.1, 0.15) is 5.82 Å². The number of rotatable bonds is 4. The van der Waals surface area contributed by atoms with Crippen LogP contribution in [0.3, 0.4) is 0 Å². The van der Waals surface area contributed by atoms with Crippen molar-refractivity contribution in [2.45, 2.75) is 18.9 Å². The number of likely N-dealkylation sites (N-methyl/N-ethyl adjacent to an activating group) is 1. The Morgan fingerprint density at radius 3 is 2.86 bits per heavy atom. The van der Waals surface area contributed by atoms with E-state index in [9.17, 15) is 4.79 Å². The fourth-order valence-electron chi connectivity index (χ4n) is 2.81. The maximum Gasteiger partial charge on any atom is 0.223 e. The fourth-order valence-corrected chi connectivity index (χ4v) is 2.81. The third-order valence-electron chi connectivity index (χ3n) is 4.21. The number of hydrogen-bond acceptors (Lipinski definition) is 4. The summed E-state index contributed by atoms with van der Waals surface area (Å²) in [7, 11) is 2.08. The molecule has 3 rings (SSSR count). The number of hydrogen-bond donors (Lipinski definition) is 1. The second-order valence-electron chi connectivity index (χ2n) is 5.67. The quantitative estimate of drug-likeness (QED) is 0.923. The Hall–Kier alpha value is -2.21. The van der Waals surface area contributed by atoms with Crippen molar-refractivity contribution < 1.29 is 4.79 Å². The van der Waals surface area contributed by atoms with Crippen molar-refractivity contribution in [3.05, 3.63) is 48.3 Å². The third kappa shape index (κ3) is 3.33. The Morgan fingerprint density at radius 2 is 2.14 bits per heavy atom. The number of nitrogens with one attached hydrogen (secondary N) is 1. The van der Waals surface area contributed by atoms with Gasteiger partial charge in [-0.15, -0.1) is 0 Å². The first-order valence-corrected chi connectivity index (χ1v) is 7.60. The summed E-state index contributed by atoms with van der Waals surface area (Å²) in [6, 6.07) is 4.07. The van der Waals surface area contributed by atoms with E-state index >= 15 is 0 Å². The highest BCUT2D eigenvalue weighted by atomic mass is 16.2. The zero-order chi connectivity index (χ0) is 15.4.